The quantitative estimate of drug-likeness (QED) is 0.725. The van der Waals surface area contributed by atoms with Crippen molar-refractivity contribution in [2.75, 3.05) is 49.6 Å². The Labute approximate surface area is 171 Å². The normalized spacial score (nSPS) is 23.6. The summed E-state index contributed by atoms with van der Waals surface area (Å²) in [5, 5.41) is 0.595. The van der Waals surface area contributed by atoms with Gasteiger partial charge in [0.15, 0.2) is 0 Å². The number of carbonyl (C=O) groups is 2. The van der Waals surface area contributed by atoms with E-state index in [1.54, 1.807) is 57.6 Å². The van der Waals surface area contributed by atoms with Crippen LogP contribution >= 0.6 is 35.1 Å². The molecule has 3 heterocycles. The molecule has 6 nitrogen and oxygen atoms in total. The first-order valence-corrected chi connectivity index (χ1v) is 11.1. The standard InChI is InChI=1S/C18H20ClN3O3S2/c1-20-6-8-21(9-7-20)18(24)25-17-15-14(26-10-11-27-15)16(23)22(17)13-4-2-12(19)3-5-13/h2-5,17H,6-11H2,1H3. The lowest BCUT2D eigenvalue weighted by Crippen LogP contribution is -2.49. The fourth-order valence-electron chi connectivity index (χ4n) is 3.24. The van der Waals surface area contributed by atoms with Gasteiger partial charge in [-0.25, -0.2) is 4.79 Å². The van der Waals surface area contributed by atoms with Gasteiger partial charge in [0.1, 0.15) is 0 Å². The third-order valence-electron chi connectivity index (χ3n) is 4.76. The first kappa shape index (κ1) is 19.0. The summed E-state index contributed by atoms with van der Waals surface area (Å²) in [6.07, 6.45) is -1.08. The van der Waals surface area contributed by atoms with Gasteiger partial charge in [-0.1, -0.05) is 11.6 Å². The van der Waals surface area contributed by atoms with Crippen LogP contribution in [0.4, 0.5) is 10.5 Å². The van der Waals surface area contributed by atoms with Crippen LogP contribution in [0, 0.1) is 0 Å². The van der Waals surface area contributed by atoms with Crippen LogP contribution in [-0.4, -0.2) is 72.8 Å². The van der Waals surface area contributed by atoms with Crippen LogP contribution in [0.2, 0.25) is 5.02 Å². The summed E-state index contributed by atoms with van der Waals surface area (Å²) in [5.74, 6) is 1.66. The molecule has 0 spiro atoms. The fourth-order valence-corrected chi connectivity index (χ4v) is 5.79. The highest BCUT2D eigenvalue weighted by atomic mass is 35.5. The van der Waals surface area contributed by atoms with Crippen LogP contribution in [-0.2, 0) is 9.53 Å². The largest absolute Gasteiger partial charge is 0.420 e. The maximum atomic E-state index is 13.0. The van der Waals surface area contributed by atoms with E-state index in [0.29, 0.717) is 28.7 Å². The van der Waals surface area contributed by atoms with Gasteiger partial charge in [0.25, 0.3) is 5.91 Å². The predicted octanol–water partition coefficient (Wildman–Crippen LogP) is 3.09. The summed E-state index contributed by atoms with van der Waals surface area (Å²) in [4.78, 5) is 32.8. The van der Waals surface area contributed by atoms with Crippen molar-refractivity contribution >= 4 is 52.8 Å². The number of amides is 2. The lowest BCUT2D eigenvalue weighted by molar-refractivity contribution is -0.115. The van der Waals surface area contributed by atoms with Gasteiger partial charge in [0, 0.05) is 48.4 Å². The molecule has 0 aromatic heterocycles. The number of halogens is 1. The Bertz CT molecular complexity index is 779. The minimum Gasteiger partial charge on any atom is -0.420 e. The maximum absolute atomic E-state index is 13.0. The molecule has 0 aliphatic carbocycles. The number of carbonyl (C=O) groups excluding carboxylic acids is 2. The molecule has 144 valence electrons. The van der Waals surface area contributed by atoms with E-state index in [4.69, 9.17) is 16.3 Å². The van der Waals surface area contributed by atoms with Crippen LogP contribution in [0.5, 0.6) is 0 Å². The second-order valence-corrected chi connectivity index (χ2v) is 9.25. The van der Waals surface area contributed by atoms with Gasteiger partial charge in [0.05, 0.1) is 9.81 Å². The van der Waals surface area contributed by atoms with E-state index in [-0.39, 0.29) is 12.0 Å². The molecule has 0 N–H and O–H groups in total. The summed E-state index contributed by atoms with van der Waals surface area (Å²) >= 11 is 9.14. The van der Waals surface area contributed by atoms with Crippen molar-refractivity contribution < 1.29 is 14.3 Å². The Morgan fingerprint density at radius 3 is 2.48 bits per heavy atom. The number of benzene rings is 1. The van der Waals surface area contributed by atoms with Crippen LogP contribution in [0.3, 0.4) is 0 Å². The Morgan fingerprint density at radius 2 is 1.78 bits per heavy atom. The molecule has 2 amide bonds. The van der Waals surface area contributed by atoms with E-state index in [2.05, 4.69) is 4.90 Å². The van der Waals surface area contributed by atoms with Gasteiger partial charge in [0.2, 0.25) is 6.23 Å². The highest BCUT2D eigenvalue weighted by Gasteiger charge is 2.45. The number of rotatable bonds is 2. The third kappa shape index (κ3) is 3.81. The zero-order chi connectivity index (χ0) is 19.0. The van der Waals surface area contributed by atoms with Gasteiger partial charge in [-0.05, 0) is 31.3 Å². The lowest BCUT2D eigenvalue weighted by Gasteiger charge is -2.34. The number of hydrogen-bond acceptors (Lipinski definition) is 6. The molecule has 27 heavy (non-hydrogen) atoms. The molecule has 4 rings (SSSR count). The molecule has 1 unspecified atom stereocenters. The zero-order valence-electron chi connectivity index (χ0n) is 14.9. The average molecular weight is 426 g/mol. The van der Waals surface area contributed by atoms with Crippen molar-refractivity contribution in [3.8, 4) is 0 Å². The molecule has 0 saturated carbocycles. The van der Waals surface area contributed by atoms with Gasteiger partial charge in [-0.3, -0.25) is 9.69 Å². The first-order valence-electron chi connectivity index (χ1n) is 8.77. The van der Waals surface area contributed by atoms with Crippen molar-refractivity contribution in [3.05, 3.63) is 39.1 Å². The molecule has 1 aromatic carbocycles. The molecule has 1 aromatic rings. The molecular weight excluding hydrogens is 406 g/mol. The maximum Gasteiger partial charge on any atom is 0.412 e. The minimum atomic E-state index is -0.710. The third-order valence-corrected chi connectivity index (χ3v) is 7.62. The first-order chi connectivity index (χ1) is 13.0. The van der Waals surface area contributed by atoms with Crippen LogP contribution in [0.25, 0.3) is 0 Å². The van der Waals surface area contributed by atoms with Gasteiger partial charge < -0.3 is 14.5 Å². The molecule has 0 bridgehead atoms. The van der Waals surface area contributed by atoms with Crippen molar-refractivity contribution in [2.45, 2.75) is 6.23 Å². The molecule has 3 aliphatic rings. The molecular formula is C18H20ClN3O3S2. The number of thioether (sulfide) groups is 2. The zero-order valence-corrected chi connectivity index (χ0v) is 17.3. The van der Waals surface area contributed by atoms with E-state index in [1.165, 1.54) is 0 Å². The van der Waals surface area contributed by atoms with E-state index in [9.17, 15) is 9.59 Å². The van der Waals surface area contributed by atoms with Crippen molar-refractivity contribution in [1.29, 1.82) is 0 Å². The van der Waals surface area contributed by atoms with E-state index < -0.39 is 6.23 Å². The molecule has 0 radical (unpaired) electrons. The highest BCUT2D eigenvalue weighted by Crippen LogP contribution is 2.45. The average Bonchev–Trinajstić information content (AvgIpc) is 2.95. The second-order valence-electron chi connectivity index (χ2n) is 6.57. The second kappa shape index (κ2) is 7.95. The van der Waals surface area contributed by atoms with Crippen LogP contribution in [0.1, 0.15) is 0 Å². The van der Waals surface area contributed by atoms with Gasteiger partial charge in [-0.2, -0.15) is 0 Å². The summed E-state index contributed by atoms with van der Waals surface area (Å²) < 4.78 is 5.87. The molecule has 1 atom stereocenters. The molecule has 9 heteroatoms. The minimum absolute atomic E-state index is 0.110. The number of anilines is 1. The topological polar surface area (TPSA) is 53.1 Å². The lowest BCUT2D eigenvalue weighted by atomic mass is 10.3. The summed E-state index contributed by atoms with van der Waals surface area (Å²) in [7, 11) is 2.04. The number of ether oxygens (including phenoxy) is 1. The van der Waals surface area contributed by atoms with Crippen LogP contribution in [0.15, 0.2) is 34.1 Å². The van der Waals surface area contributed by atoms with Crippen molar-refractivity contribution in [3.63, 3.8) is 0 Å². The van der Waals surface area contributed by atoms with Crippen molar-refractivity contribution in [2.24, 2.45) is 0 Å². The summed E-state index contributed by atoms with van der Waals surface area (Å²) in [6.45, 7) is 2.89. The smallest absolute Gasteiger partial charge is 0.412 e. The monoisotopic (exact) mass is 425 g/mol. The van der Waals surface area contributed by atoms with Crippen LogP contribution < -0.4 is 4.90 Å². The number of piperazine rings is 1. The Hall–Kier alpha value is -1.35. The highest BCUT2D eigenvalue weighted by molar-refractivity contribution is 8.10. The predicted molar refractivity (Wildman–Crippen MR) is 110 cm³/mol. The van der Waals surface area contributed by atoms with Crippen molar-refractivity contribution in [1.82, 2.24) is 9.80 Å². The van der Waals surface area contributed by atoms with E-state index in [0.717, 1.165) is 29.5 Å². The van der Waals surface area contributed by atoms with Gasteiger partial charge >= 0.3 is 6.09 Å². The fraction of sp³-hybridized carbons (Fsp3) is 0.444. The number of likely N-dealkylation sites (N-methyl/N-ethyl adjacent to an activating group) is 1. The van der Waals surface area contributed by atoms with E-state index in [1.807, 2.05) is 7.05 Å². The Balaban J connectivity index is 1.59. The summed E-state index contributed by atoms with van der Waals surface area (Å²) in [6, 6.07) is 7.04. The molecule has 1 saturated heterocycles. The molecule has 1 fully saturated rings. The molecule has 3 aliphatic heterocycles. The van der Waals surface area contributed by atoms with Gasteiger partial charge in [-0.15, -0.1) is 23.5 Å². The Morgan fingerprint density at radius 1 is 1.11 bits per heavy atom. The number of nitrogens with zero attached hydrogens (tertiary/aromatic N) is 3. The SMILES string of the molecule is CN1CCN(C(=O)OC2C3=C(SCCS3)C(=O)N2c2ccc(Cl)cc2)CC1. The summed E-state index contributed by atoms with van der Waals surface area (Å²) in [5.41, 5.74) is 0.677. The Kier molecular flexibility index (Phi) is 5.59. The van der Waals surface area contributed by atoms with E-state index >= 15 is 0 Å². The number of hydrogen-bond donors (Lipinski definition) is 0.